The number of nitrogens with zero attached hydrogens (tertiary/aromatic N) is 3. The number of carboxylic acid groups (broad SMARTS) is 1. The van der Waals surface area contributed by atoms with Crippen LogP contribution in [0.3, 0.4) is 0 Å². The highest BCUT2D eigenvalue weighted by Gasteiger charge is 2.29. The molecule has 0 unspecified atom stereocenters. The van der Waals surface area contributed by atoms with E-state index in [1.54, 1.807) is 63.2 Å². The molecule has 4 aromatic rings. The predicted octanol–water partition coefficient (Wildman–Crippen LogP) is 6.24. The zero-order chi connectivity index (χ0) is 26.2. The maximum absolute atomic E-state index is 13.1. The number of aliphatic carboxylic acids is 1. The molecule has 184 valence electrons. The molecule has 0 amide bonds. The number of nitrogens with one attached hydrogen (secondary N) is 1. The number of phenolic OH excluding ortho intramolecular Hbond substituents is 1. The van der Waals surface area contributed by atoms with Gasteiger partial charge in [0.25, 0.3) is 5.56 Å². The Morgan fingerprint density at radius 1 is 0.944 bits per heavy atom. The molecule has 8 heteroatoms. The van der Waals surface area contributed by atoms with Gasteiger partial charge >= 0.3 is 5.97 Å². The molecule has 1 heterocycles. The van der Waals surface area contributed by atoms with Gasteiger partial charge in [0.15, 0.2) is 11.4 Å². The molecule has 3 N–H and O–H groups in total. The first-order valence-electron chi connectivity index (χ1n) is 11.5. The number of phenols is 1. The number of azo groups is 1. The summed E-state index contributed by atoms with van der Waals surface area (Å²) in [4.78, 5) is 24.7. The maximum Gasteiger partial charge on any atom is 0.313 e. The highest BCUT2D eigenvalue weighted by atomic mass is 16.4. The fraction of sp³-hybridized carbons (Fsp3) is 0.214. The lowest BCUT2D eigenvalue weighted by molar-refractivity contribution is -0.142. The molecular weight excluding hydrogens is 456 g/mol. The molecule has 8 nitrogen and oxygen atoms in total. The first kappa shape index (κ1) is 24.7. The fourth-order valence-corrected chi connectivity index (χ4v) is 4.06. The lowest BCUT2D eigenvalue weighted by atomic mass is 9.83. The molecule has 0 fully saturated rings. The largest absolute Gasteiger partial charge is 0.505 e. The Kier molecular flexibility index (Phi) is 6.37. The number of rotatable bonds is 6. The average Bonchev–Trinajstić information content (AvgIpc) is 3.11. The Morgan fingerprint density at radius 3 is 2.28 bits per heavy atom. The van der Waals surface area contributed by atoms with Crippen molar-refractivity contribution < 1.29 is 15.0 Å². The van der Waals surface area contributed by atoms with Crippen molar-refractivity contribution in [1.82, 2.24) is 9.78 Å². The van der Waals surface area contributed by atoms with Crippen LogP contribution in [0.15, 0.2) is 75.7 Å². The summed E-state index contributed by atoms with van der Waals surface area (Å²) >= 11 is 0. The summed E-state index contributed by atoms with van der Waals surface area (Å²) in [5, 5.41) is 31.9. The molecule has 0 radical (unpaired) electrons. The molecule has 1 aromatic heterocycles. The maximum atomic E-state index is 13.1. The van der Waals surface area contributed by atoms with E-state index in [9.17, 15) is 19.8 Å². The molecule has 0 spiro atoms. The van der Waals surface area contributed by atoms with Crippen LogP contribution in [-0.2, 0) is 10.2 Å². The predicted molar refractivity (Wildman–Crippen MR) is 139 cm³/mol. The van der Waals surface area contributed by atoms with Crippen LogP contribution in [0.25, 0.3) is 16.8 Å². The Morgan fingerprint density at radius 2 is 1.61 bits per heavy atom. The topological polar surface area (TPSA) is 120 Å². The van der Waals surface area contributed by atoms with Crippen molar-refractivity contribution >= 4 is 17.3 Å². The van der Waals surface area contributed by atoms with Gasteiger partial charge < -0.3 is 10.2 Å². The van der Waals surface area contributed by atoms with E-state index in [4.69, 9.17) is 0 Å². The highest BCUT2D eigenvalue weighted by molar-refractivity contribution is 5.82. The molecular formula is C28H28N4O4. The number of aromatic hydroxyl groups is 1. The van der Waals surface area contributed by atoms with Crippen LogP contribution in [0.1, 0.15) is 36.2 Å². The number of aromatic amines is 1. The zero-order valence-electron chi connectivity index (χ0n) is 20.8. The smallest absolute Gasteiger partial charge is 0.313 e. The van der Waals surface area contributed by atoms with Gasteiger partial charge in [-0.05, 0) is 81.1 Å². The van der Waals surface area contributed by atoms with Crippen molar-refractivity contribution in [2.75, 3.05) is 0 Å². The van der Waals surface area contributed by atoms with Gasteiger partial charge in [0, 0.05) is 5.56 Å². The van der Waals surface area contributed by atoms with Gasteiger partial charge in [0.1, 0.15) is 5.69 Å². The van der Waals surface area contributed by atoms with Crippen molar-refractivity contribution in [3.63, 3.8) is 0 Å². The van der Waals surface area contributed by atoms with E-state index in [0.29, 0.717) is 28.1 Å². The summed E-state index contributed by atoms with van der Waals surface area (Å²) in [6.07, 6.45) is 0. The minimum absolute atomic E-state index is 0.116. The molecule has 36 heavy (non-hydrogen) atoms. The normalized spacial score (nSPS) is 11.8. The number of hydrogen-bond donors (Lipinski definition) is 3. The molecule has 0 aliphatic rings. The third-order valence-electron chi connectivity index (χ3n) is 6.21. The van der Waals surface area contributed by atoms with Crippen molar-refractivity contribution in [2.24, 2.45) is 10.2 Å². The van der Waals surface area contributed by atoms with Gasteiger partial charge in [0.2, 0.25) is 0 Å². The number of para-hydroxylation sites is 1. The first-order valence-corrected chi connectivity index (χ1v) is 11.5. The van der Waals surface area contributed by atoms with Crippen LogP contribution in [0.2, 0.25) is 0 Å². The lowest BCUT2D eigenvalue weighted by Crippen LogP contribution is -2.28. The Labute approximate surface area is 208 Å². The van der Waals surface area contributed by atoms with Crippen LogP contribution in [0, 0.1) is 20.8 Å². The summed E-state index contributed by atoms with van der Waals surface area (Å²) < 4.78 is 1.43. The second kappa shape index (κ2) is 9.30. The molecule has 0 atom stereocenters. The van der Waals surface area contributed by atoms with E-state index in [-0.39, 0.29) is 22.7 Å². The molecule has 0 aliphatic heterocycles. The summed E-state index contributed by atoms with van der Waals surface area (Å²) in [6, 6.07) is 17.9. The van der Waals surface area contributed by atoms with Gasteiger partial charge in [-0.2, -0.15) is 0 Å². The second-order valence-electron chi connectivity index (χ2n) is 9.46. The van der Waals surface area contributed by atoms with Crippen LogP contribution >= 0.6 is 0 Å². The van der Waals surface area contributed by atoms with Crippen molar-refractivity contribution in [3.05, 3.63) is 93.4 Å². The number of carbonyl (C=O) groups is 1. The molecule has 0 saturated heterocycles. The summed E-state index contributed by atoms with van der Waals surface area (Å²) in [7, 11) is 0. The van der Waals surface area contributed by atoms with Crippen LogP contribution in [-0.4, -0.2) is 26.0 Å². The Hall–Kier alpha value is -4.46. The number of H-pyrrole nitrogens is 1. The van der Waals surface area contributed by atoms with E-state index in [0.717, 1.165) is 11.1 Å². The Bertz CT molecular complexity index is 1540. The van der Waals surface area contributed by atoms with Crippen LogP contribution in [0.4, 0.5) is 11.4 Å². The van der Waals surface area contributed by atoms with Gasteiger partial charge in [-0.3, -0.25) is 14.7 Å². The monoisotopic (exact) mass is 484 g/mol. The quantitative estimate of drug-likeness (QED) is 0.281. The highest BCUT2D eigenvalue weighted by Crippen LogP contribution is 2.39. The molecule has 0 aliphatic carbocycles. The molecule has 4 rings (SSSR count). The van der Waals surface area contributed by atoms with Gasteiger partial charge in [-0.15, -0.1) is 10.2 Å². The van der Waals surface area contributed by atoms with Gasteiger partial charge in [-0.25, -0.2) is 4.68 Å². The summed E-state index contributed by atoms with van der Waals surface area (Å²) in [5.74, 6) is -1.06. The van der Waals surface area contributed by atoms with E-state index < -0.39 is 11.4 Å². The summed E-state index contributed by atoms with van der Waals surface area (Å²) in [5.41, 5.74) is 3.93. The fourth-order valence-electron chi connectivity index (χ4n) is 4.06. The Balaban J connectivity index is 1.71. The van der Waals surface area contributed by atoms with E-state index >= 15 is 0 Å². The number of carboxylic acids is 1. The lowest BCUT2D eigenvalue weighted by Gasteiger charge is -2.20. The SMILES string of the molecule is Cc1cc(C)cc(-n2[nH]c(C)c(N=Nc3cccc(-c4cccc(C(C)(C)C(=O)O)c4)c3O)c2=O)c1. The minimum atomic E-state index is -1.09. The second-order valence-corrected chi connectivity index (χ2v) is 9.46. The minimum Gasteiger partial charge on any atom is -0.505 e. The molecule has 3 aromatic carbocycles. The van der Waals surface area contributed by atoms with E-state index in [2.05, 4.69) is 15.3 Å². The van der Waals surface area contributed by atoms with Crippen LogP contribution in [0.5, 0.6) is 5.75 Å². The zero-order valence-corrected chi connectivity index (χ0v) is 20.8. The average molecular weight is 485 g/mol. The molecule has 0 bridgehead atoms. The summed E-state index contributed by atoms with van der Waals surface area (Å²) in [6.45, 7) is 8.92. The van der Waals surface area contributed by atoms with Crippen molar-refractivity contribution in [3.8, 4) is 22.6 Å². The third-order valence-corrected chi connectivity index (χ3v) is 6.21. The van der Waals surface area contributed by atoms with Gasteiger partial charge in [0.05, 0.1) is 16.8 Å². The van der Waals surface area contributed by atoms with Crippen LogP contribution < -0.4 is 5.56 Å². The number of aromatic nitrogens is 2. The van der Waals surface area contributed by atoms with E-state index in [1.807, 2.05) is 32.0 Å². The van der Waals surface area contributed by atoms with Crippen molar-refractivity contribution in [2.45, 2.75) is 40.0 Å². The third kappa shape index (κ3) is 4.57. The number of benzene rings is 3. The molecule has 0 saturated carbocycles. The first-order chi connectivity index (χ1) is 17.0. The van der Waals surface area contributed by atoms with E-state index in [1.165, 1.54) is 4.68 Å². The number of aryl methyl sites for hydroxylation is 3. The number of hydrogen-bond acceptors (Lipinski definition) is 5. The van der Waals surface area contributed by atoms with Crippen molar-refractivity contribution in [1.29, 1.82) is 0 Å². The van der Waals surface area contributed by atoms with Gasteiger partial charge in [-0.1, -0.05) is 36.4 Å². The standard InChI is InChI=1S/C28H28N4O4/c1-16-12-17(2)14-21(13-16)32-26(34)24(18(3)31-32)30-29-23-11-7-10-22(25(23)33)19-8-6-9-20(15-19)28(4,5)27(35)36/h6-15,31,33H,1-5H3,(H,35,36).